The van der Waals surface area contributed by atoms with Crippen molar-refractivity contribution in [3.05, 3.63) is 35.8 Å². The van der Waals surface area contributed by atoms with Crippen molar-refractivity contribution in [3.8, 4) is 6.07 Å². The third-order valence-corrected chi connectivity index (χ3v) is 2.32. The summed E-state index contributed by atoms with van der Waals surface area (Å²) < 4.78 is 1.83. The van der Waals surface area contributed by atoms with Crippen LogP contribution in [0.5, 0.6) is 0 Å². The lowest BCUT2D eigenvalue weighted by Crippen LogP contribution is -1.99. The first kappa shape index (κ1) is 8.76. The zero-order chi connectivity index (χ0) is 10.1. The Labute approximate surface area is 82.6 Å². The van der Waals surface area contributed by atoms with Crippen LogP contribution in [0.15, 0.2) is 24.5 Å². The van der Waals surface area contributed by atoms with Gasteiger partial charge in [0.05, 0.1) is 0 Å². The van der Waals surface area contributed by atoms with E-state index in [0.717, 1.165) is 11.2 Å². The Hall–Kier alpha value is -1.82. The Balaban J connectivity index is 2.81. The molecular formula is C11H11N3. The van der Waals surface area contributed by atoms with Crippen LogP contribution >= 0.6 is 0 Å². The molecule has 0 aliphatic rings. The fourth-order valence-electron chi connectivity index (χ4n) is 1.59. The zero-order valence-corrected chi connectivity index (χ0v) is 8.23. The Morgan fingerprint density at radius 1 is 1.43 bits per heavy atom. The highest BCUT2D eigenvalue weighted by Crippen LogP contribution is 2.19. The molecule has 0 aliphatic carbocycles. The minimum Gasteiger partial charge on any atom is -0.291 e. The summed E-state index contributed by atoms with van der Waals surface area (Å²) in [5.74, 6) is 0.358. The summed E-state index contributed by atoms with van der Waals surface area (Å²) in [6.07, 6.45) is 3.53. The lowest BCUT2D eigenvalue weighted by Gasteiger charge is -2.08. The molecule has 3 nitrogen and oxygen atoms in total. The molecule has 0 fully saturated rings. The second-order valence-corrected chi connectivity index (χ2v) is 3.56. The van der Waals surface area contributed by atoms with Crippen LogP contribution in [0.4, 0.5) is 0 Å². The van der Waals surface area contributed by atoms with Crippen molar-refractivity contribution in [3.63, 3.8) is 0 Å². The zero-order valence-electron chi connectivity index (χ0n) is 8.23. The minimum absolute atomic E-state index is 0.358. The van der Waals surface area contributed by atoms with E-state index in [-0.39, 0.29) is 0 Å². The first-order chi connectivity index (χ1) is 6.74. The number of aromatic nitrogens is 2. The smallest absolute Gasteiger partial charge is 0.137 e. The standard InChI is InChI=1S/C11H11N3/c1-8(2)9-3-4-11-13-5-6-14(11)10(9)7-12/h3-6,8H,1-2H3. The fraction of sp³-hybridized carbons (Fsp3) is 0.273. The van der Waals surface area contributed by atoms with Crippen LogP contribution in [0.25, 0.3) is 5.65 Å². The predicted molar refractivity (Wildman–Crippen MR) is 54.0 cm³/mol. The van der Waals surface area contributed by atoms with Crippen molar-refractivity contribution in [2.24, 2.45) is 0 Å². The third-order valence-electron chi connectivity index (χ3n) is 2.32. The number of fused-ring (bicyclic) bond motifs is 1. The maximum atomic E-state index is 9.09. The van der Waals surface area contributed by atoms with Crippen LogP contribution in [0.2, 0.25) is 0 Å². The van der Waals surface area contributed by atoms with E-state index >= 15 is 0 Å². The van der Waals surface area contributed by atoms with E-state index in [1.165, 1.54) is 0 Å². The molecule has 2 rings (SSSR count). The van der Waals surface area contributed by atoms with Crippen molar-refractivity contribution < 1.29 is 0 Å². The summed E-state index contributed by atoms with van der Waals surface area (Å²) in [7, 11) is 0. The van der Waals surface area contributed by atoms with E-state index in [9.17, 15) is 0 Å². The van der Waals surface area contributed by atoms with Gasteiger partial charge in [0.1, 0.15) is 17.4 Å². The number of pyridine rings is 1. The van der Waals surface area contributed by atoms with Gasteiger partial charge in [-0.3, -0.25) is 4.40 Å². The molecule has 0 radical (unpaired) electrons. The lowest BCUT2D eigenvalue weighted by molar-refractivity contribution is 0.846. The molecule has 0 N–H and O–H groups in total. The van der Waals surface area contributed by atoms with Crippen molar-refractivity contribution >= 4 is 5.65 Å². The number of nitrogens with zero attached hydrogens (tertiary/aromatic N) is 3. The third kappa shape index (κ3) is 1.16. The minimum atomic E-state index is 0.358. The second kappa shape index (κ2) is 3.15. The van der Waals surface area contributed by atoms with Gasteiger partial charge in [0.25, 0.3) is 0 Å². The van der Waals surface area contributed by atoms with Crippen molar-refractivity contribution in [2.75, 3.05) is 0 Å². The number of rotatable bonds is 1. The van der Waals surface area contributed by atoms with Crippen molar-refractivity contribution in [1.29, 1.82) is 5.26 Å². The molecule has 0 amide bonds. The Kier molecular flexibility index (Phi) is 1.97. The number of hydrogen-bond acceptors (Lipinski definition) is 2. The van der Waals surface area contributed by atoms with Gasteiger partial charge in [0, 0.05) is 12.4 Å². The number of hydrogen-bond donors (Lipinski definition) is 0. The quantitative estimate of drug-likeness (QED) is 0.684. The predicted octanol–water partition coefficient (Wildman–Crippen LogP) is 2.33. The van der Waals surface area contributed by atoms with Crippen LogP contribution < -0.4 is 0 Å². The molecule has 0 atom stereocenters. The molecule has 2 heterocycles. The second-order valence-electron chi connectivity index (χ2n) is 3.56. The van der Waals surface area contributed by atoms with Crippen LogP contribution in [0.1, 0.15) is 31.0 Å². The molecule has 0 spiro atoms. The summed E-state index contributed by atoms with van der Waals surface area (Å²) >= 11 is 0. The average Bonchev–Trinajstić information content (AvgIpc) is 2.63. The van der Waals surface area contributed by atoms with Crippen molar-refractivity contribution in [2.45, 2.75) is 19.8 Å². The van der Waals surface area contributed by atoms with E-state index in [4.69, 9.17) is 5.26 Å². The molecule has 0 saturated heterocycles. The lowest BCUT2D eigenvalue weighted by atomic mass is 10.0. The van der Waals surface area contributed by atoms with Crippen LogP contribution in [0.3, 0.4) is 0 Å². The van der Waals surface area contributed by atoms with Gasteiger partial charge in [-0.05, 0) is 17.5 Å². The van der Waals surface area contributed by atoms with E-state index in [0.29, 0.717) is 11.6 Å². The molecular weight excluding hydrogens is 174 g/mol. The molecule has 14 heavy (non-hydrogen) atoms. The van der Waals surface area contributed by atoms with Gasteiger partial charge < -0.3 is 0 Å². The molecule has 0 saturated carbocycles. The monoisotopic (exact) mass is 185 g/mol. The van der Waals surface area contributed by atoms with Crippen LogP contribution in [-0.2, 0) is 0 Å². The highest BCUT2D eigenvalue weighted by atomic mass is 15.0. The molecule has 70 valence electrons. The number of imidazole rings is 1. The summed E-state index contributed by atoms with van der Waals surface area (Å²) in [5, 5.41) is 9.09. The maximum Gasteiger partial charge on any atom is 0.137 e. The topological polar surface area (TPSA) is 41.1 Å². The first-order valence-corrected chi connectivity index (χ1v) is 4.60. The van der Waals surface area contributed by atoms with Crippen LogP contribution in [0, 0.1) is 11.3 Å². The van der Waals surface area contributed by atoms with Gasteiger partial charge in [0.2, 0.25) is 0 Å². The summed E-state index contributed by atoms with van der Waals surface area (Å²) in [4.78, 5) is 4.14. The Morgan fingerprint density at radius 2 is 2.21 bits per heavy atom. The largest absolute Gasteiger partial charge is 0.291 e. The van der Waals surface area contributed by atoms with E-state index in [1.807, 2.05) is 22.7 Å². The molecule has 0 aromatic carbocycles. The Morgan fingerprint density at radius 3 is 2.86 bits per heavy atom. The van der Waals surface area contributed by atoms with E-state index in [1.54, 1.807) is 6.20 Å². The normalized spacial score (nSPS) is 10.7. The summed E-state index contributed by atoms with van der Waals surface area (Å²) in [6.45, 7) is 4.16. The molecule has 2 aromatic rings. The first-order valence-electron chi connectivity index (χ1n) is 4.60. The molecule has 0 bridgehead atoms. The van der Waals surface area contributed by atoms with Gasteiger partial charge >= 0.3 is 0 Å². The Bertz CT molecular complexity index is 503. The highest BCUT2D eigenvalue weighted by Gasteiger charge is 2.09. The molecule has 0 aliphatic heterocycles. The van der Waals surface area contributed by atoms with E-state index < -0.39 is 0 Å². The van der Waals surface area contributed by atoms with Gasteiger partial charge in [-0.1, -0.05) is 19.9 Å². The maximum absolute atomic E-state index is 9.09. The van der Waals surface area contributed by atoms with Gasteiger partial charge in [-0.15, -0.1) is 0 Å². The molecule has 2 aromatic heterocycles. The van der Waals surface area contributed by atoms with Gasteiger partial charge in [-0.2, -0.15) is 5.26 Å². The van der Waals surface area contributed by atoms with Crippen LogP contribution in [-0.4, -0.2) is 9.38 Å². The highest BCUT2D eigenvalue weighted by molar-refractivity contribution is 5.48. The SMILES string of the molecule is CC(C)c1ccc2nccn2c1C#N. The van der Waals surface area contributed by atoms with Crippen molar-refractivity contribution in [1.82, 2.24) is 9.38 Å². The summed E-state index contributed by atoms with van der Waals surface area (Å²) in [6, 6.07) is 6.15. The summed E-state index contributed by atoms with van der Waals surface area (Å²) in [5.41, 5.74) is 2.58. The number of nitriles is 1. The fourth-order valence-corrected chi connectivity index (χ4v) is 1.59. The van der Waals surface area contributed by atoms with Gasteiger partial charge in [-0.25, -0.2) is 4.98 Å². The molecule has 3 heteroatoms. The van der Waals surface area contributed by atoms with E-state index in [2.05, 4.69) is 24.9 Å². The molecule has 0 unspecified atom stereocenters. The van der Waals surface area contributed by atoms with Gasteiger partial charge in [0.15, 0.2) is 0 Å². The average molecular weight is 185 g/mol.